The number of nitrogen functional groups attached to an aromatic ring is 1. The van der Waals surface area contributed by atoms with E-state index in [0.717, 1.165) is 12.2 Å². The van der Waals surface area contributed by atoms with Gasteiger partial charge in [-0.3, -0.25) is 4.68 Å². The van der Waals surface area contributed by atoms with Gasteiger partial charge in [0.1, 0.15) is 5.82 Å². The van der Waals surface area contributed by atoms with Gasteiger partial charge >= 0.3 is 0 Å². The van der Waals surface area contributed by atoms with E-state index in [0.29, 0.717) is 18.9 Å². The summed E-state index contributed by atoms with van der Waals surface area (Å²) in [5.41, 5.74) is 6.54. The largest absolute Gasteiger partial charge is 0.390 e. The minimum atomic E-state index is -0.409. The second-order valence-corrected chi connectivity index (χ2v) is 3.90. The lowest BCUT2D eigenvalue weighted by Crippen LogP contribution is -2.32. The Morgan fingerprint density at radius 3 is 2.80 bits per heavy atom. The average Bonchev–Trinajstić information content (AvgIpc) is 2.44. The van der Waals surface area contributed by atoms with Crippen molar-refractivity contribution in [2.75, 3.05) is 25.9 Å². The summed E-state index contributed by atoms with van der Waals surface area (Å²) in [6, 6.07) is 1.80. The summed E-state index contributed by atoms with van der Waals surface area (Å²) in [5.74, 6) is 0.503. The van der Waals surface area contributed by atoms with E-state index in [4.69, 9.17) is 5.73 Å². The van der Waals surface area contributed by atoms with Gasteiger partial charge in [0.15, 0.2) is 0 Å². The molecule has 5 nitrogen and oxygen atoms in total. The number of aliphatic hydroxyl groups is 1. The van der Waals surface area contributed by atoms with Crippen LogP contribution in [0.3, 0.4) is 0 Å². The highest BCUT2D eigenvalue weighted by atomic mass is 16.3. The third kappa shape index (κ3) is 3.53. The Balaban J connectivity index is 2.50. The molecule has 0 aromatic carbocycles. The number of hydrogen-bond donors (Lipinski definition) is 2. The molecule has 1 rings (SSSR count). The van der Waals surface area contributed by atoms with E-state index < -0.39 is 6.10 Å². The maximum atomic E-state index is 9.79. The molecule has 0 radical (unpaired) electrons. The fraction of sp³-hybridized carbons (Fsp3) is 0.700. The normalized spacial score (nSPS) is 13.4. The zero-order valence-electron chi connectivity index (χ0n) is 9.64. The molecule has 0 aliphatic heterocycles. The van der Waals surface area contributed by atoms with Gasteiger partial charge in [0.05, 0.1) is 12.6 Å². The molecule has 1 aromatic rings. The number of rotatable bonds is 5. The second-order valence-electron chi connectivity index (χ2n) is 3.90. The van der Waals surface area contributed by atoms with E-state index in [1.807, 2.05) is 14.0 Å². The van der Waals surface area contributed by atoms with Gasteiger partial charge in [0, 0.05) is 18.3 Å². The number of anilines is 1. The van der Waals surface area contributed by atoms with E-state index in [2.05, 4.69) is 16.9 Å². The molecule has 0 saturated carbocycles. The first kappa shape index (κ1) is 12.0. The van der Waals surface area contributed by atoms with Crippen molar-refractivity contribution in [1.82, 2.24) is 14.7 Å². The van der Waals surface area contributed by atoms with Crippen LogP contribution in [-0.2, 0) is 6.54 Å². The van der Waals surface area contributed by atoms with Crippen LogP contribution in [-0.4, -0.2) is 46.0 Å². The molecule has 0 saturated heterocycles. The first-order valence-electron chi connectivity index (χ1n) is 5.19. The average molecular weight is 212 g/mol. The molecule has 86 valence electrons. The van der Waals surface area contributed by atoms with Gasteiger partial charge in [-0.05, 0) is 20.5 Å². The predicted molar refractivity (Wildman–Crippen MR) is 60.6 cm³/mol. The van der Waals surface area contributed by atoms with Crippen LogP contribution in [0.5, 0.6) is 0 Å². The van der Waals surface area contributed by atoms with Gasteiger partial charge in [-0.2, -0.15) is 5.10 Å². The van der Waals surface area contributed by atoms with E-state index in [-0.39, 0.29) is 0 Å². The summed E-state index contributed by atoms with van der Waals surface area (Å²) in [7, 11) is 1.98. The number of aryl methyl sites for hydroxylation is 1. The minimum Gasteiger partial charge on any atom is -0.390 e. The topological polar surface area (TPSA) is 67.3 Å². The molecular weight excluding hydrogens is 192 g/mol. The van der Waals surface area contributed by atoms with Crippen LogP contribution in [0.25, 0.3) is 0 Å². The van der Waals surface area contributed by atoms with Gasteiger partial charge in [0.2, 0.25) is 0 Å². The summed E-state index contributed by atoms with van der Waals surface area (Å²) in [6.45, 7) is 6.06. The molecule has 0 bridgehead atoms. The summed E-state index contributed by atoms with van der Waals surface area (Å²) in [6.07, 6.45) is -0.409. The van der Waals surface area contributed by atoms with Crippen LogP contribution < -0.4 is 5.73 Å². The van der Waals surface area contributed by atoms with Gasteiger partial charge in [-0.15, -0.1) is 0 Å². The smallest absolute Gasteiger partial charge is 0.145 e. The third-order valence-electron chi connectivity index (χ3n) is 2.45. The molecule has 1 atom stereocenters. The second kappa shape index (κ2) is 5.14. The highest BCUT2D eigenvalue weighted by Gasteiger charge is 2.10. The fourth-order valence-electron chi connectivity index (χ4n) is 1.47. The maximum Gasteiger partial charge on any atom is 0.145 e. The first-order chi connectivity index (χ1) is 7.02. The highest BCUT2D eigenvalue weighted by molar-refractivity contribution is 5.28. The molecule has 0 fully saturated rings. The van der Waals surface area contributed by atoms with Crippen molar-refractivity contribution in [2.45, 2.75) is 26.5 Å². The summed E-state index contributed by atoms with van der Waals surface area (Å²) < 4.78 is 1.74. The highest BCUT2D eigenvalue weighted by Crippen LogP contribution is 2.05. The molecule has 5 heteroatoms. The molecular formula is C10H20N4O. The molecule has 0 aliphatic carbocycles. The Hall–Kier alpha value is -1.07. The van der Waals surface area contributed by atoms with Crippen LogP contribution in [0.2, 0.25) is 0 Å². The number of likely N-dealkylation sites (N-methyl/N-ethyl adjacent to an activating group) is 1. The molecule has 3 N–H and O–H groups in total. The zero-order chi connectivity index (χ0) is 11.4. The Morgan fingerprint density at radius 2 is 2.33 bits per heavy atom. The van der Waals surface area contributed by atoms with Crippen LogP contribution in [0.4, 0.5) is 5.82 Å². The maximum absolute atomic E-state index is 9.79. The van der Waals surface area contributed by atoms with Crippen molar-refractivity contribution in [3.05, 3.63) is 11.8 Å². The molecule has 0 aliphatic rings. The Bertz CT molecular complexity index is 310. The van der Waals surface area contributed by atoms with Crippen molar-refractivity contribution in [1.29, 1.82) is 0 Å². The van der Waals surface area contributed by atoms with Gasteiger partial charge < -0.3 is 15.7 Å². The SMILES string of the molecule is CCN(C)CC(O)Cn1nc(N)cc1C. The molecule has 1 unspecified atom stereocenters. The quantitative estimate of drug-likeness (QED) is 0.725. The molecule has 0 spiro atoms. The van der Waals surface area contributed by atoms with Crippen LogP contribution >= 0.6 is 0 Å². The van der Waals surface area contributed by atoms with Crippen molar-refractivity contribution in [2.24, 2.45) is 0 Å². The monoisotopic (exact) mass is 212 g/mol. The minimum absolute atomic E-state index is 0.409. The number of nitrogens with zero attached hydrogens (tertiary/aromatic N) is 3. The number of hydrogen-bond acceptors (Lipinski definition) is 4. The summed E-state index contributed by atoms with van der Waals surface area (Å²) in [4.78, 5) is 2.06. The Morgan fingerprint density at radius 1 is 1.67 bits per heavy atom. The van der Waals surface area contributed by atoms with Gasteiger partial charge in [-0.25, -0.2) is 0 Å². The van der Waals surface area contributed by atoms with Gasteiger partial charge in [-0.1, -0.05) is 6.92 Å². The predicted octanol–water partition coefficient (Wildman–Crippen LogP) is 0.0863. The standard InChI is InChI=1S/C10H20N4O/c1-4-13(3)6-9(15)7-14-8(2)5-10(11)12-14/h5,9,15H,4,6-7H2,1-3H3,(H2,11,12). The van der Waals surface area contributed by atoms with Crippen molar-refractivity contribution in [3.63, 3.8) is 0 Å². The Kier molecular flexibility index (Phi) is 4.11. The van der Waals surface area contributed by atoms with Crippen LogP contribution in [0.1, 0.15) is 12.6 Å². The van der Waals surface area contributed by atoms with E-state index in [1.54, 1.807) is 10.7 Å². The lowest BCUT2D eigenvalue weighted by atomic mass is 10.3. The zero-order valence-corrected chi connectivity index (χ0v) is 9.64. The fourth-order valence-corrected chi connectivity index (χ4v) is 1.47. The van der Waals surface area contributed by atoms with Crippen LogP contribution in [0.15, 0.2) is 6.07 Å². The Labute approximate surface area is 90.5 Å². The van der Waals surface area contributed by atoms with E-state index >= 15 is 0 Å². The third-order valence-corrected chi connectivity index (χ3v) is 2.45. The summed E-state index contributed by atoms with van der Waals surface area (Å²) in [5, 5.41) is 13.9. The lowest BCUT2D eigenvalue weighted by Gasteiger charge is -2.19. The molecule has 15 heavy (non-hydrogen) atoms. The van der Waals surface area contributed by atoms with E-state index in [1.165, 1.54) is 0 Å². The molecule has 0 amide bonds. The number of aliphatic hydroxyl groups excluding tert-OH is 1. The van der Waals surface area contributed by atoms with E-state index in [9.17, 15) is 5.11 Å². The number of aromatic nitrogens is 2. The van der Waals surface area contributed by atoms with Crippen molar-refractivity contribution >= 4 is 5.82 Å². The first-order valence-corrected chi connectivity index (χ1v) is 5.19. The van der Waals surface area contributed by atoms with Gasteiger partial charge in [0.25, 0.3) is 0 Å². The molecule has 1 heterocycles. The van der Waals surface area contributed by atoms with Crippen molar-refractivity contribution < 1.29 is 5.11 Å². The number of nitrogens with two attached hydrogens (primary N) is 1. The molecule has 1 aromatic heterocycles. The van der Waals surface area contributed by atoms with Crippen LogP contribution in [0, 0.1) is 6.92 Å². The lowest BCUT2D eigenvalue weighted by molar-refractivity contribution is 0.108. The summed E-state index contributed by atoms with van der Waals surface area (Å²) >= 11 is 0. The van der Waals surface area contributed by atoms with Crippen molar-refractivity contribution in [3.8, 4) is 0 Å².